The van der Waals surface area contributed by atoms with Crippen molar-refractivity contribution in [1.29, 1.82) is 0 Å². The largest absolute Gasteiger partial charge is 0.306 e. The minimum absolute atomic E-state index is 0.105. The van der Waals surface area contributed by atoms with E-state index in [1.165, 1.54) is 0 Å². The Bertz CT molecular complexity index is 243. The van der Waals surface area contributed by atoms with E-state index in [-0.39, 0.29) is 17.9 Å². The first-order chi connectivity index (χ1) is 6.75. The zero-order valence-electron chi connectivity index (χ0n) is 8.21. The molecule has 2 aliphatic rings. The van der Waals surface area contributed by atoms with E-state index in [4.69, 9.17) is 0 Å². The highest BCUT2D eigenvalue weighted by Crippen LogP contribution is 2.32. The number of hydrogen-bond donors (Lipinski definition) is 2. The Morgan fingerprint density at radius 1 is 1.29 bits per heavy atom. The summed E-state index contributed by atoms with van der Waals surface area (Å²) in [6, 6.07) is -0.141. The van der Waals surface area contributed by atoms with E-state index in [1.807, 2.05) is 0 Å². The third-order valence-electron chi connectivity index (χ3n) is 2.81. The molecule has 1 heterocycles. The van der Waals surface area contributed by atoms with Crippen molar-refractivity contribution in [2.24, 2.45) is 5.92 Å². The van der Waals surface area contributed by atoms with E-state index >= 15 is 0 Å². The van der Waals surface area contributed by atoms with Crippen molar-refractivity contribution < 1.29 is 9.59 Å². The maximum atomic E-state index is 11.5. The molecule has 0 aromatic heterocycles. The highest BCUT2D eigenvalue weighted by molar-refractivity contribution is 5.97. The molecule has 1 saturated heterocycles. The smallest absolute Gasteiger partial charge is 0.243 e. The SMILES string of the molecule is O=C(CC1CC1)NC(=O)C1CCCN1. The molecule has 4 nitrogen and oxygen atoms in total. The minimum atomic E-state index is -0.145. The molecule has 1 aliphatic carbocycles. The van der Waals surface area contributed by atoms with Crippen LogP contribution in [0.1, 0.15) is 32.1 Å². The van der Waals surface area contributed by atoms with E-state index in [0.29, 0.717) is 12.3 Å². The van der Waals surface area contributed by atoms with Gasteiger partial charge in [0.15, 0.2) is 0 Å². The van der Waals surface area contributed by atoms with E-state index in [2.05, 4.69) is 10.6 Å². The van der Waals surface area contributed by atoms with Gasteiger partial charge in [0.2, 0.25) is 11.8 Å². The number of carbonyl (C=O) groups is 2. The van der Waals surface area contributed by atoms with Gasteiger partial charge in [-0.1, -0.05) is 0 Å². The average molecular weight is 196 g/mol. The van der Waals surface area contributed by atoms with E-state index in [0.717, 1.165) is 32.2 Å². The third kappa shape index (κ3) is 2.54. The molecule has 1 unspecified atom stereocenters. The van der Waals surface area contributed by atoms with Crippen molar-refractivity contribution in [3.63, 3.8) is 0 Å². The molecule has 1 aliphatic heterocycles. The minimum Gasteiger partial charge on any atom is -0.306 e. The summed E-state index contributed by atoms with van der Waals surface area (Å²) in [7, 11) is 0. The third-order valence-corrected chi connectivity index (χ3v) is 2.81. The molecule has 0 bridgehead atoms. The van der Waals surface area contributed by atoms with E-state index < -0.39 is 0 Å². The first-order valence-electron chi connectivity index (χ1n) is 5.33. The molecular weight excluding hydrogens is 180 g/mol. The molecule has 0 spiro atoms. The van der Waals surface area contributed by atoms with Crippen LogP contribution in [0.15, 0.2) is 0 Å². The zero-order valence-corrected chi connectivity index (χ0v) is 8.21. The van der Waals surface area contributed by atoms with Gasteiger partial charge in [-0.05, 0) is 38.1 Å². The van der Waals surface area contributed by atoms with Crippen LogP contribution in [0.5, 0.6) is 0 Å². The fourth-order valence-corrected chi connectivity index (χ4v) is 1.77. The Morgan fingerprint density at radius 3 is 2.64 bits per heavy atom. The Hall–Kier alpha value is -0.900. The van der Waals surface area contributed by atoms with Crippen LogP contribution in [-0.2, 0) is 9.59 Å². The topological polar surface area (TPSA) is 58.2 Å². The Labute approximate surface area is 83.4 Å². The summed E-state index contributed by atoms with van der Waals surface area (Å²) in [5.74, 6) is 0.290. The van der Waals surface area contributed by atoms with Crippen LogP contribution in [-0.4, -0.2) is 24.4 Å². The summed E-state index contributed by atoms with van der Waals surface area (Å²) in [5, 5.41) is 5.52. The van der Waals surface area contributed by atoms with E-state index in [9.17, 15) is 9.59 Å². The standard InChI is InChI=1S/C10H16N2O2/c13-9(6-7-3-4-7)12-10(14)8-2-1-5-11-8/h7-8,11H,1-6H2,(H,12,13,14). The van der Waals surface area contributed by atoms with Gasteiger partial charge in [0.1, 0.15) is 0 Å². The predicted octanol–water partition coefficient (Wildman–Crippen LogP) is 0.181. The van der Waals surface area contributed by atoms with Gasteiger partial charge in [-0.25, -0.2) is 0 Å². The molecule has 78 valence electrons. The van der Waals surface area contributed by atoms with Crippen LogP contribution in [0.4, 0.5) is 0 Å². The highest BCUT2D eigenvalue weighted by Gasteiger charge is 2.27. The summed E-state index contributed by atoms with van der Waals surface area (Å²) in [6.45, 7) is 0.884. The summed E-state index contributed by atoms with van der Waals surface area (Å²) in [6.07, 6.45) is 4.68. The highest BCUT2D eigenvalue weighted by atomic mass is 16.2. The van der Waals surface area contributed by atoms with Crippen molar-refractivity contribution in [1.82, 2.24) is 10.6 Å². The average Bonchev–Trinajstić information content (AvgIpc) is 2.80. The first kappa shape index (κ1) is 9.65. The lowest BCUT2D eigenvalue weighted by Gasteiger charge is -2.09. The molecule has 2 amide bonds. The lowest BCUT2D eigenvalue weighted by atomic mass is 10.2. The lowest BCUT2D eigenvalue weighted by Crippen LogP contribution is -2.43. The van der Waals surface area contributed by atoms with Crippen LogP contribution >= 0.6 is 0 Å². The summed E-state index contributed by atoms with van der Waals surface area (Å²) >= 11 is 0. The Kier molecular flexibility index (Phi) is 2.82. The van der Waals surface area contributed by atoms with Crippen LogP contribution in [0, 0.1) is 5.92 Å². The first-order valence-corrected chi connectivity index (χ1v) is 5.33. The molecule has 1 saturated carbocycles. The molecule has 0 aromatic carbocycles. The van der Waals surface area contributed by atoms with Crippen molar-refractivity contribution in [3.05, 3.63) is 0 Å². The fraction of sp³-hybridized carbons (Fsp3) is 0.800. The normalized spacial score (nSPS) is 26.1. The summed E-state index contributed by atoms with van der Waals surface area (Å²) < 4.78 is 0. The van der Waals surface area contributed by atoms with Crippen LogP contribution < -0.4 is 10.6 Å². The van der Waals surface area contributed by atoms with Gasteiger partial charge in [-0.3, -0.25) is 14.9 Å². The quantitative estimate of drug-likeness (QED) is 0.677. The summed E-state index contributed by atoms with van der Waals surface area (Å²) in [5.41, 5.74) is 0. The molecule has 0 aromatic rings. The lowest BCUT2D eigenvalue weighted by molar-refractivity contribution is -0.131. The molecular formula is C10H16N2O2. The maximum Gasteiger partial charge on any atom is 0.243 e. The van der Waals surface area contributed by atoms with Gasteiger partial charge in [0.05, 0.1) is 6.04 Å². The van der Waals surface area contributed by atoms with Crippen LogP contribution in [0.25, 0.3) is 0 Å². The van der Waals surface area contributed by atoms with E-state index in [1.54, 1.807) is 0 Å². The Balaban J connectivity index is 1.71. The van der Waals surface area contributed by atoms with Gasteiger partial charge < -0.3 is 5.32 Å². The second-order valence-corrected chi connectivity index (χ2v) is 4.21. The van der Waals surface area contributed by atoms with Gasteiger partial charge in [0, 0.05) is 6.42 Å². The number of hydrogen-bond acceptors (Lipinski definition) is 3. The number of carbonyl (C=O) groups excluding carboxylic acids is 2. The van der Waals surface area contributed by atoms with Gasteiger partial charge >= 0.3 is 0 Å². The second-order valence-electron chi connectivity index (χ2n) is 4.21. The fourth-order valence-electron chi connectivity index (χ4n) is 1.77. The van der Waals surface area contributed by atoms with Gasteiger partial charge in [-0.2, -0.15) is 0 Å². The van der Waals surface area contributed by atoms with Crippen LogP contribution in [0.3, 0.4) is 0 Å². The van der Waals surface area contributed by atoms with Crippen molar-refractivity contribution in [3.8, 4) is 0 Å². The number of rotatable bonds is 3. The second kappa shape index (κ2) is 4.09. The van der Waals surface area contributed by atoms with Gasteiger partial charge in [-0.15, -0.1) is 0 Å². The molecule has 0 radical (unpaired) electrons. The predicted molar refractivity (Wildman–Crippen MR) is 51.5 cm³/mol. The van der Waals surface area contributed by atoms with Crippen molar-refractivity contribution >= 4 is 11.8 Å². The molecule has 2 rings (SSSR count). The monoisotopic (exact) mass is 196 g/mol. The van der Waals surface area contributed by atoms with Crippen LogP contribution in [0.2, 0.25) is 0 Å². The Morgan fingerprint density at radius 2 is 2.07 bits per heavy atom. The number of amides is 2. The number of imide groups is 1. The van der Waals surface area contributed by atoms with Crippen molar-refractivity contribution in [2.75, 3.05) is 6.54 Å². The molecule has 14 heavy (non-hydrogen) atoms. The van der Waals surface area contributed by atoms with Gasteiger partial charge in [0.25, 0.3) is 0 Å². The molecule has 1 atom stereocenters. The zero-order chi connectivity index (χ0) is 9.97. The molecule has 4 heteroatoms. The number of nitrogens with one attached hydrogen (secondary N) is 2. The summed E-state index contributed by atoms with van der Waals surface area (Å²) in [4.78, 5) is 22.8. The maximum absolute atomic E-state index is 11.5. The molecule has 2 N–H and O–H groups in total. The molecule has 2 fully saturated rings. The van der Waals surface area contributed by atoms with Crippen molar-refractivity contribution in [2.45, 2.75) is 38.1 Å².